The maximum Gasteiger partial charge on any atom is 0.232 e. The summed E-state index contributed by atoms with van der Waals surface area (Å²) in [5.74, 6) is 3.48. The lowest BCUT2D eigenvalue weighted by molar-refractivity contribution is 0.0321. The Hall–Kier alpha value is -4.03. The SMILES string of the molecule is COc1cc(Nc2ncnc(Nc3cc(OC)c(OC)c(OC)c3)n2)ccc1OCCN1CCOCC1. The molecule has 1 saturated heterocycles. The van der Waals surface area contributed by atoms with Crippen LogP contribution in [0.1, 0.15) is 0 Å². The largest absolute Gasteiger partial charge is 0.493 e. The Morgan fingerprint density at radius 3 is 2.03 bits per heavy atom. The number of benzene rings is 2. The summed E-state index contributed by atoms with van der Waals surface area (Å²) in [4.78, 5) is 15.2. The summed E-state index contributed by atoms with van der Waals surface area (Å²) >= 11 is 0. The summed E-state index contributed by atoms with van der Waals surface area (Å²) < 4.78 is 33.1. The van der Waals surface area contributed by atoms with Gasteiger partial charge in [-0.25, -0.2) is 9.97 Å². The van der Waals surface area contributed by atoms with Crippen LogP contribution in [0, 0.1) is 0 Å². The summed E-state index contributed by atoms with van der Waals surface area (Å²) in [7, 11) is 6.27. The minimum atomic E-state index is 0.335. The molecule has 2 N–H and O–H groups in total. The molecular formula is C25H32N6O6. The molecule has 1 aliphatic heterocycles. The van der Waals surface area contributed by atoms with Crippen LogP contribution in [0.25, 0.3) is 0 Å². The van der Waals surface area contributed by atoms with Crippen molar-refractivity contribution in [3.63, 3.8) is 0 Å². The first kappa shape index (κ1) is 26.0. The molecule has 198 valence electrons. The molecule has 0 spiro atoms. The van der Waals surface area contributed by atoms with E-state index in [2.05, 4.69) is 30.5 Å². The molecule has 0 bridgehead atoms. The van der Waals surface area contributed by atoms with E-state index in [-0.39, 0.29) is 0 Å². The third-order valence-electron chi connectivity index (χ3n) is 5.68. The Balaban J connectivity index is 1.41. The number of hydrogen-bond donors (Lipinski definition) is 2. The van der Waals surface area contributed by atoms with Gasteiger partial charge in [-0.15, -0.1) is 0 Å². The molecule has 2 heterocycles. The number of morpholine rings is 1. The summed E-state index contributed by atoms with van der Waals surface area (Å²) in [5, 5.41) is 6.31. The molecule has 1 fully saturated rings. The standard InChI is InChI=1S/C25H32N6O6/c1-32-20-13-17(5-6-19(20)37-12-9-31-7-10-36-11-8-31)28-24-26-16-27-25(30-24)29-18-14-21(33-2)23(35-4)22(15-18)34-3/h5-6,13-16H,7-12H2,1-4H3,(H2,26,27,28,29,30). The first-order valence-electron chi connectivity index (χ1n) is 11.8. The highest BCUT2D eigenvalue weighted by atomic mass is 16.5. The minimum absolute atomic E-state index is 0.335. The molecule has 0 radical (unpaired) electrons. The zero-order valence-corrected chi connectivity index (χ0v) is 21.4. The fraction of sp³-hybridized carbons (Fsp3) is 0.400. The summed E-state index contributed by atoms with van der Waals surface area (Å²) in [6.07, 6.45) is 1.41. The van der Waals surface area contributed by atoms with E-state index in [4.69, 9.17) is 28.4 Å². The number of methoxy groups -OCH3 is 4. The van der Waals surface area contributed by atoms with E-state index in [1.54, 1.807) is 40.6 Å². The van der Waals surface area contributed by atoms with Crippen molar-refractivity contribution >= 4 is 23.3 Å². The first-order valence-corrected chi connectivity index (χ1v) is 11.8. The number of nitrogens with one attached hydrogen (secondary N) is 2. The molecule has 0 atom stereocenters. The van der Waals surface area contributed by atoms with Crippen LogP contribution >= 0.6 is 0 Å². The molecule has 0 unspecified atom stereocenters. The number of aromatic nitrogens is 3. The zero-order valence-electron chi connectivity index (χ0n) is 21.4. The molecule has 2 aromatic carbocycles. The molecule has 4 rings (SSSR count). The van der Waals surface area contributed by atoms with Gasteiger partial charge in [-0.1, -0.05) is 0 Å². The Morgan fingerprint density at radius 2 is 1.41 bits per heavy atom. The minimum Gasteiger partial charge on any atom is -0.493 e. The molecule has 12 heteroatoms. The molecule has 0 saturated carbocycles. The fourth-order valence-corrected chi connectivity index (χ4v) is 3.80. The van der Waals surface area contributed by atoms with Gasteiger partial charge in [0.05, 0.1) is 41.7 Å². The summed E-state index contributed by atoms with van der Waals surface area (Å²) in [6, 6.07) is 9.10. The molecule has 0 amide bonds. The Labute approximate surface area is 215 Å². The second-order valence-corrected chi connectivity index (χ2v) is 7.96. The van der Waals surface area contributed by atoms with E-state index in [9.17, 15) is 0 Å². The third-order valence-corrected chi connectivity index (χ3v) is 5.68. The van der Waals surface area contributed by atoms with Gasteiger partial charge in [0, 0.05) is 49.2 Å². The number of nitrogens with zero attached hydrogens (tertiary/aromatic N) is 4. The van der Waals surface area contributed by atoms with Gasteiger partial charge < -0.3 is 39.1 Å². The van der Waals surface area contributed by atoms with Gasteiger partial charge in [0.2, 0.25) is 17.6 Å². The van der Waals surface area contributed by atoms with Crippen LogP contribution in [-0.2, 0) is 4.74 Å². The van der Waals surface area contributed by atoms with Crippen molar-refractivity contribution in [1.82, 2.24) is 19.9 Å². The lowest BCUT2D eigenvalue weighted by atomic mass is 10.2. The lowest BCUT2D eigenvalue weighted by Gasteiger charge is -2.26. The van der Waals surface area contributed by atoms with E-state index < -0.39 is 0 Å². The van der Waals surface area contributed by atoms with Crippen molar-refractivity contribution in [3.8, 4) is 28.7 Å². The fourth-order valence-electron chi connectivity index (χ4n) is 3.80. The van der Waals surface area contributed by atoms with Crippen LogP contribution in [0.5, 0.6) is 28.7 Å². The topological polar surface area (TPSA) is 121 Å². The lowest BCUT2D eigenvalue weighted by Crippen LogP contribution is -2.38. The van der Waals surface area contributed by atoms with Crippen LogP contribution < -0.4 is 34.3 Å². The summed E-state index contributed by atoms with van der Waals surface area (Å²) in [5.41, 5.74) is 1.40. The van der Waals surface area contributed by atoms with Crippen LogP contribution in [0.3, 0.4) is 0 Å². The number of hydrogen-bond acceptors (Lipinski definition) is 12. The second kappa shape index (κ2) is 12.8. The van der Waals surface area contributed by atoms with Crippen molar-refractivity contribution < 1.29 is 28.4 Å². The quantitative estimate of drug-likeness (QED) is 0.371. The van der Waals surface area contributed by atoms with Gasteiger partial charge in [-0.2, -0.15) is 4.98 Å². The molecule has 3 aromatic rings. The number of anilines is 4. The summed E-state index contributed by atoms with van der Waals surface area (Å²) in [6.45, 7) is 4.77. The van der Waals surface area contributed by atoms with Gasteiger partial charge in [0.25, 0.3) is 0 Å². The maximum atomic E-state index is 5.96. The highest BCUT2D eigenvalue weighted by molar-refractivity contribution is 5.66. The zero-order chi connectivity index (χ0) is 26.0. The van der Waals surface area contributed by atoms with Crippen molar-refractivity contribution in [2.45, 2.75) is 0 Å². The van der Waals surface area contributed by atoms with Crippen LogP contribution in [0.2, 0.25) is 0 Å². The highest BCUT2D eigenvalue weighted by Crippen LogP contribution is 2.40. The molecular weight excluding hydrogens is 480 g/mol. The van der Waals surface area contributed by atoms with Crippen molar-refractivity contribution in [2.75, 3.05) is 78.5 Å². The molecule has 37 heavy (non-hydrogen) atoms. The van der Waals surface area contributed by atoms with Gasteiger partial charge in [0.1, 0.15) is 12.9 Å². The monoisotopic (exact) mass is 512 g/mol. The highest BCUT2D eigenvalue weighted by Gasteiger charge is 2.15. The predicted octanol–water partition coefficient (Wildman–Crippen LogP) is 3.10. The average Bonchev–Trinajstić information content (AvgIpc) is 2.93. The Kier molecular flexibility index (Phi) is 9.00. The van der Waals surface area contributed by atoms with Crippen molar-refractivity contribution in [1.29, 1.82) is 0 Å². The van der Waals surface area contributed by atoms with Crippen LogP contribution in [-0.4, -0.2) is 87.7 Å². The van der Waals surface area contributed by atoms with Crippen molar-refractivity contribution in [2.24, 2.45) is 0 Å². The van der Waals surface area contributed by atoms with Crippen LogP contribution in [0.4, 0.5) is 23.3 Å². The van der Waals surface area contributed by atoms with Gasteiger partial charge in [0.15, 0.2) is 23.0 Å². The Morgan fingerprint density at radius 1 is 0.784 bits per heavy atom. The molecule has 0 aliphatic carbocycles. The average molecular weight is 513 g/mol. The van der Waals surface area contributed by atoms with E-state index in [0.29, 0.717) is 52.9 Å². The smallest absolute Gasteiger partial charge is 0.232 e. The Bertz CT molecular complexity index is 1150. The van der Waals surface area contributed by atoms with E-state index >= 15 is 0 Å². The number of rotatable bonds is 12. The van der Waals surface area contributed by atoms with E-state index in [1.807, 2.05) is 18.2 Å². The molecule has 12 nitrogen and oxygen atoms in total. The second-order valence-electron chi connectivity index (χ2n) is 7.96. The van der Waals surface area contributed by atoms with E-state index in [0.717, 1.165) is 38.5 Å². The maximum absolute atomic E-state index is 5.96. The first-order chi connectivity index (χ1) is 18.1. The predicted molar refractivity (Wildman–Crippen MR) is 138 cm³/mol. The molecule has 1 aliphatic rings. The van der Waals surface area contributed by atoms with Gasteiger partial charge >= 0.3 is 0 Å². The van der Waals surface area contributed by atoms with Crippen molar-refractivity contribution in [3.05, 3.63) is 36.7 Å². The van der Waals surface area contributed by atoms with Gasteiger partial charge in [-0.3, -0.25) is 4.90 Å². The van der Waals surface area contributed by atoms with Crippen LogP contribution in [0.15, 0.2) is 36.7 Å². The normalized spacial score (nSPS) is 13.5. The molecule has 1 aromatic heterocycles. The number of ether oxygens (including phenoxy) is 6. The van der Waals surface area contributed by atoms with Gasteiger partial charge in [-0.05, 0) is 12.1 Å². The van der Waals surface area contributed by atoms with E-state index in [1.165, 1.54) is 6.33 Å². The third kappa shape index (κ3) is 6.80.